The summed E-state index contributed by atoms with van der Waals surface area (Å²) in [4.78, 5) is 33.3. The molecule has 0 unspecified atom stereocenters. The third-order valence-corrected chi connectivity index (χ3v) is 7.24. The van der Waals surface area contributed by atoms with Crippen molar-refractivity contribution in [3.05, 3.63) is 75.5 Å². The molecule has 0 aliphatic carbocycles. The zero-order valence-corrected chi connectivity index (χ0v) is 21.3. The van der Waals surface area contributed by atoms with Gasteiger partial charge in [-0.1, -0.05) is 6.07 Å². The number of aryl methyl sites for hydroxylation is 1. The van der Waals surface area contributed by atoms with Gasteiger partial charge in [-0.25, -0.2) is 9.37 Å². The Kier molecular flexibility index (Phi) is 8.53. The van der Waals surface area contributed by atoms with Crippen LogP contribution >= 0.6 is 11.3 Å². The summed E-state index contributed by atoms with van der Waals surface area (Å²) in [5, 5.41) is 2.91. The number of aromatic nitrogens is 1. The molecule has 3 aromatic rings. The van der Waals surface area contributed by atoms with Crippen LogP contribution in [0.2, 0.25) is 0 Å². The Bertz CT molecular complexity index is 1200. The van der Waals surface area contributed by atoms with Gasteiger partial charge in [-0.15, -0.1) is 11.3 Å². The van der Waals surface area contributed by atoms with Crippen molar-refractivity contribution in [2.75, 3.05) is 20.3 Å². The molecule has 1 fully saturated rings. The molecule has 190 valence electrons. The number of carbonyl (C=O) groups is 2. The van der Waals surface area contributed by atoms with Crippen LogP contribution in [0.25, 0.3) is 0 Å². The van der Waals surface area contributed by atoms with Gasteiger partial charge in [0.1, 0.15) is 11.9 Å². The molecule has 36 heavy (non-hydrogen) atoms. The fourth-order valence-electron chi connectivity index (χ4n) is 4.25. The maximum atomic E-state index is 13.5. The second kappa shape index (κ2) is 12.0. The molecular formula is C27H30FN3O4S. The molecule has 2 heterocycles. The average molecular weight is 512 g/mol. The average Bonchev–Trinajstić information content (AvgIpc) is 3.17. The van der Waals surface area contributed by atoms with Crippen molar-refractivity contribution in [3.8, 4) is 11.5 Å². The van der Waals surface area contributed by atoms with E-state index < -0.39 is 11.9 Å². The van der Waals surface area contributed by atoms with Gasteiger partial charge in [-0.2, -0.15) is 0 Å². The third-order valence-electron chi connectivity index (χ3n) is 6.25. The van der Waals surface area contributed by atoms with Crippen LogP contribution in [0, 0.1) is 12.7 Å². The van der Waals surface area contributed by atoms with E-state index in [9.17, 15) is 14.0 Å². The fraction of sp³-hybridized carbons (Fsp3) is 0.370. The molecule has 1 aromatic heterocycles. The lowest BCUT2D eigenvalue weighted by atomic mass is 10.0. The Morgan fingerprint density at radius 1 is 1.19 bits per heavy atom. The van der Waals surface area contributed by atoms with Crippen molar-refractivity contribution in [2.24, 2.45) is 0 Å². The summed E-state index contributed by atoms with van der Waals surface area (Å²) >= 11 is 1.61. The van der Waals surface area contributed by atoms with Crippen molar-refractivity contribution < 1.29 is 23.5 Å². The standard InChI is InChI=1S/C27H30FN3O4S/c1-18-25(36-17-30-18)12-14-35-23-11-6-19(15-24(23)34-2)16-31(22-5-3-4-13-29-26(22)32)27(33)20-7-9-21(28)10-8-20/h6-11,15,17,22H,3-5,12-14,16H2,1-2H3,(H,29,32)/t22-/m0/s1. The molecule has 1 aliphatic rings. The van der Waals surface area contributed by atoms with Crippen molar-refractivity contribution in [2.45, 2.75) is 45.2 Å². The molecule has 1 saturated heterocycles. The highest BCUT2D eigenvalue weighted by Gasteiger charge is 2.31. The van der Waals surface area contributed by atoms with Gasteiger partial charge in [0.15, 0.2) is 11.5 Å². The van der Waals surface area contributed by atoms with E-state index in [0.29, 0.717) is 36.6 Å². The SMILES string of the molecule is COc1cc(CN(C(=O)c2ccc(F)cc2)[C@H]2CCCCNC2=O)ccc1OCCc1scnc1C. The summed E-state index contributed by atoms with van der Waals surface area (Å²) in [5.74, 6) is 0.237. The van der Waals surface area contributed by atoms with E-state index in [1.54, 1.807) is 23.3 Å². The summed E-state index contributed by atoms with van der Waals surface area (Å²) < 4.78 is 25.0. The molecule has 2 aromatic carbocycles. The number of benzene rings is 2. The van der Waals surface area contributed by atoms with Crippen LogP contribution in [0.3, 0.4) is 0 Å². The summed E-state index contributed by atoms with van der Waals surface area (Å²) in [5.41, 5.74) is 3.97. The molecule has 7 nitrogen and oxygen atoms in total. The second-order valence-corrected chi connectivity index (χ2v) is 9.63. The van der Waals surface area contributed by atoms with Crippen LogP contribution in [-0.4, -0.2) is 48.0 Å². The number of methoxy groups -OCH3 is 1. The first-order valence-corrected chi connectivity index (χ1v) is 12.9. The zero-order valence-electron chi connectivity index (χ0n) is 20.5. The van der Waals surface area contributed by atoms with Crippen LogP contribution in [-0.2, 0) is 17.8 Å². The van der Waals surface area contributed by atoms with Crippen LogP contribution in [0.5, 0.6) is 11.5 Å². The third kappa shape index (κ3) is 6.20. The minimum atomic E-state index is -0.616. The maximum absolute atomic E-state index is 13.5. The number of nitrogens with zero attached hydrogens (tertiary/aromatic N) is 2. The van der Waals surface area contributed by atoms with Gasteiger partial charge in [-0.3, -0.25) is 9.59 Å². The van der Waals surface area contributed by atoms with E-state index >= 15 is 0 Å². The van der Waals surface area contributed by atoms with Gasteiger partial charge < -0.3 is 19.7 Å². The summed E-state index contributed by atoms with van der Waals surface area (Å²) in [6.07, 6.45) is 3.00. The van der Waals surface area contributed by atoms with Gasteiger partial charge in [0.05, 0.1) is 24.9 Å². The Labute approximate surface area is 214 Å². The number of hydrogen-bond acceptors (Lipinski definition) is 6. The van der Waals surface area contributed by atoms with Crippen molar-refractivity contribution in [1.82, 2.24) is 15.2 Å². The lowest BCUT2D eigenvalue weighted by Gasteiger charge is -2.30. The Morgan fingerprint density at radius 3 is 2.72 bits per heavy atom. The molecule has 0 bridgehead atoms. The molecule has 4 rings (SSSR count). The maximum Gasteiger partial charge on any atom is 0.254 e. The highest BCUT2D eigenvalue weighted by molar-refractivity contribution is 7.09. The van der Waals surface area contributed by atoms with Crippen LogP contribution in [0.1, 0.15) is 45.8 Å². The number of ether oxygens (including phenoxy) is 2. The second-order valence-electron chi connectivity index (χ2n) is 8.69. The number of thiazole rings is 1. The van der Waals surface area contributed by atoms with Crippen molar-refractivity contribution in [1.29, 1.82) is 0 Å². The highest BCUT2D eigenvalue weighted by Crippen LogP contribution is 2.30. The lowest BCUT2D eigenvalue weighted by Crippen LogP contribution is -2.48. The van der Waals surface area contributed by atoms with E-state index in [1.165, 1.54) is 29.1 Å². The number of rotatable bonds is 9. The monoisotopic (exact) mass is 511 g/mol. The van der Waals surface area contributed by atoms with Gasteiger partial charge >= 0.3 is 0 Å². The van der Waals surface area contributed by atoms with E-state index in [4.69, 9.17) is 9.47 Å². The smallest absolute Gasteiger partial charge is 0.254 e. The first-order valence-electron chi connectivity index (χ1n) is 12.0. The molecule has 1 atom stereocenters. The van der Waals surface area contributed by atoms with E-state index in [0.717, 1.165) is 30.5 Å². The molecular weight excluding hydrogens is 481 g/mol. The predicted octanol–water partition coefficient (Wildman–Crippen LogP) is 4.53. The molecule has 2 amide bonds. The van der Waals surface area contributed by atoms with Crippen molar-refractivity contribution >= 4 is 23.2 Å². The van der Waals surface area contributed by atoms with Gasteiger partial charge in [0, 0.05) is 30.0 Å². The molecule has 0 saturated carbocycles. The van der Waals surface area contributed by atoms with E-state index in [1.807, 2.05) is 30.6 Å². The first-order chi connectivity index (χ1) is 17.5. The van der Waals surface area contributed by atoms with Gasteiger partial charge in [0.25, 0.3) is 5.91 Å². The number of halogens is 1. The Balaban J connectivity index is 1.54. The minimum Gasteiger partial charge on any atom is -0.493 e. The minimum absolute atomic E-state index is 0.173. The molecule has 1 N–H and O–H groups in total. The Hall–Kier alpha value is -3.46. The number of amides is 2. The quantitative estimate of drug-likeness (QED) is 0.457. The summed E-state index contributed by atoms with van der Waals surface area (Å²) in [6.45, 7) is 3.25. The Morgan fingerprint density at radius 2 is 2.00 bits per heavy atom. The highest BCUT2D eigenvalue weighted by atomic mass is 32.1. The largest absolute Gasteiger partial charge is 0.493 e. The predicted molar refractivity (Wildman–Crippen MR) is 136 cm³/mol. The number of hydrogen-bond donors (Lipinski definition) is 1. The molecule has 9 heteroatoms. The molecule has 1 aliphatic heterocycles. The van der Waals surface area contributed by atoms with E-state index in [-0.39, 0.29) is 18.4 Å². The summed E-state index contributed by atoms with van der Waals surface area (Å²) in [6, 6.07) is 10.3. The summed E-state index contributed by atoms with van der Waals surface area (Å²) in [7, 11) is 1.57. The topological polar surface area (TPSA) is 80.8 Å². The zero-order chi connectivity index (χ0) is 25.5. The fourth-order valence-corrected chi connectivity index (χ4v) is 5.01. The van der Waals surface area contributed by atoms with E-state index in [2.05, 4.69) is 10.3 Å². The van der Waals surface area contributed by atoms with Gasteiger partial charge in [-0.05, 0) is 68.1 Å². The number of carbonyl (C=O) groups excluding carboxylic acids is 2. The van der Waals surface area contributed by atoms with Crippen LogP contribution < -0.4 is 14.8 Å². The lowest BCUT2D eigenvalue weighted by molar-refractivity contribution is -0.125. The number of nitrogens with one attached hydrogen (secondary N) is 1. The van der Waals surface area contributed by atoms with Crippen molar-refractivity contribution in [3.63, 3.8) is 0 Å². The van der Waals surface area contributed by atoms with Crippen LogP contribution in [0.15, 0.2) is 48.0 Å². The normalized spacial score (nSPS) is 15.6. The van der Waals surface area contributed by atoms with Gasteiger partial charge in [0.2, 0.25) is 5.91 Å². The van der Waals surface area contributed by atoms with Crippen LogP contribution in [0.4, 0.5) is 4.39 Å². The molecule has 0 spiro atoms. The molecule has 0 radical (unpaired) electrons. The first kappa shape index (κ1) is 25.6.